The molecule has 0 heterocycles. The van der Waals surface area contributed by atoms with Gasteiger partial charge in [-0.05, 0) is 24.1 Å². The number of hydrogen-bond acceptors (Lipinski definition) is 4. The molecule has 6 nitrogen and oxygen atoms in total. The Morgan fingerprint density at radius 3 is 2.19 bits per heavy atom. The van der Waals surface area contributed by atoms with E-state index in [0.29, 0.717) is 12.0 Å². The Bertz CT molecular complexity index is 710. The second-order valence-corrected chi connectivity index (χ2v) is 6.12. The molecule has 136 valence electrons. The van der Waals surface area contributed by atoms with Gasteiger partial charge in [-0.25, -0.2) is 0 Å². The van der Waals surface area contributed by atoms with Crippen LogP contribution in [-0.4, -0.2) is 53.4 Å². The number of nitrogens with zero attached hydrogens (tertiary/aromatic N) is 1. The van der Waals surface area contributed by atoms with Crippen LogP contribution in [0, 0.1) is 0 Å². The van der Waals surface area contributed by atoms with E-state index in [9.17, 15) is 19.6 Å². The van der Waals surface area contributed by atoms with Gasteiger partial charge in [0, 0.05) is 25.6 Å². The zero-order valence-electron chi connectivity index (χ0n) is 14.7. The molecule has 2 aromatic rings. The van der Waals surface area contributed by atoms with Crippen LogP contribution in [0.25, 0.3) is 0 Å². The fourth-order valence-electron chi connectivity index (χ4n) is 2.55. The van der Waals surface area contributed by atoms with Crippen molar-refractivity contribution in [2.24, 2.45) is 0 Å². The third-order valence-corrected chi connectivity index (χ3v) is 4.05. The number of carbonyl (C=O) groups is 2. The van der Waals surface area contributed by atoms with Crippen LogP contribution in [0.4, 0.5) is 0 Å². The van der Waals surface area contributed by atoms with Gasteiger partial charge in [-0.15, -0.1) is 0 Å². The topological polar surface area (TPSA) is 89.9 Å². The predicted molar refractivity (Wildman–Crippen MR) is 100 cm³/mol. The van der Waals surface area contributed by atoms with Crippen LogP contribution < -0.4 is 5.32 Å². The number of carbonyl (C=O) groups excluding carboxylic acids is 2. The van der Waals surface area contributed by atoms with Crippen molar-refractivity contribution in [3.8, 4) is 0 Å². The molecule has 2 amide bonds. The molecule has 2 aromatic carbocycles. The van der Waals surface area contributed by atoms with E-state index in [4.69, 9.17) is 0 Å². The van der Waals surface area contributed by atoms with Gasteiger partial charge in [0.05, 0.1) is 5.94 Å². The largest absolute Gasteiger partial charge is 0.475 e. The fraction of sp³-hybridized carbons (Fsp3) is 0.263. The molecule has 0 aliphatic carbocycles. The van der Waals surface area contributed by atoms with E-state index in [2.05, 4.69) is 5.32 Å². The summed E-state index contributed by atoms with van der Waals surface area (Å²) in [5.41, 5.74) is 1.45. The van der Waals surface area contributed by atoms with Crippen molar-refractivity contribution in [1.29, 1.82) is 0 Å². The lowest BCUT2D eigenvalue weighted by Crippen LogP contribution is -2.48. The van der Waals surface area contributed by atoms with Gasteiger partial charge in [0.1, 0.15) is 0 Å². The Balaban J connectivity index is 1.85. The van der Waals surface area contributed by atoms with Crippen molar-refractivity contribution < 1.29 is 19.6 Å². The molecule has 0 bridgehead atoms. The van der Waals surface area contributed by atoms with Gasteiger partial charge >= 0.3 is 7.12 Å². The lowest BCUT2D eigenvalue weighted by atomic mass is 9.76. The van der Waals surface area contributed by atoms with E-state index in [1.54, 1.807) is 31.3 Å². The molecule has 0 fully saturated rings. The van der Waals surface area contributed by atoms with Gasteiger partial charge in [-0.3, -0.25) is 9.59 Å². The van der Waals surface area contributed by atoms with E-state index >= 15 is 0 Å². The first-order valence-electron chi connectivity index (χ1n) is 8.47. The quantitative estimate of drug-likeness (QED) is 0.614. The molecule has 0 aliphatic rings. The van der Waals surface area contributed by atoms with E-state index < -0.39 is 13.1 Å². The molecule has 0 aromatic heterocycles. The van der Waals surface area contributed by atoms with Gasteiger partial charge in [0.2, 0.25) is 5.91 Å². The van der Waals surface area contributed by atoms with Crippen LogP contribution in [-0.2, 0) is 11.2 Å². The van der Waals surface area contributed by atoms with Crippen LogP contribution >= 0.6 is 0 Å². The van der Waals surface area contributed by atoms with Crippen LogP contribution in [0.15, 0.2) is 60.7 Å². The maximum atomic E-state index is 12.2. The minimum atomic E-state index is -1.66. The summed E-state index contributed by atoms with van der Waals surface area (Å²) in [5.74, 6) is -1.31. The van der Waals surface area contributed by atoms with E-state index in [0.717, 1.165) is 5.56 Å². The highest BCUT2D eigenvalue weighted by Gasteiger charge is 2.25. The van der Waals surface area contributed by atoms with Crippen molar-refractivity contribution in [3.63, 3.8) is 0 Å². The second-order valence-electron chi connectivity index (χ2n) is 6.12. The molecule has 3 N–H and O–H groups in total. The summed E-state index contributed by atoms with van der Waals surface area (Å²) in [6.07, 6.45) is 0.385. The number of amides is 2. The molecule has 7 heteroatoms. The zero-order chi connectivity index (χ0) is 18.9. The van der Waals surface area contributed by atoms with Crippen molar-refractivity contribution >= 4 is 18.9 Å². The first-order valence-corrected chi connectivity index (χ1v) is 8.47. The molecule has 0 saturated heterocycles. The van der Waals surface area contributed by atoms with Gasteiger partial charge in [0.15, 0.2) is 0 Å². The van der Waals surface area contributed by atoms with Crippen molar-refractivity contribution in [1.82, 2.24) is 10.2 Å². The Morgan fingerprint density at radius 1 is 1.04 bits per heavy atom. The molecule has 0 radical (unpaired) electrons. The molecule has 0 spiro atoms. The number of rotatable bonds is 8. The van der Waals surface area contributed by atoms with E-state index in [1.807, 2.05) is 36.4 Å². The second kappa shape index (κ2) is 9.75. The Labute approximate surface area is 153 Å². The normalized spacial score (nSPS) is 11.5. The lowest BCUT2D eigenvalue weighted by Gasteiger charge is -2.20. The molecule has 2 rings (SSSR count). The summed E-state index contributed by atoms with van der Waals surface area (Å²) in [4.78, 5) is 25.9. The van der Waals surface area contributed by atoms with Crippen LogP contribution in [0.2, 0.25) is 0 Å². The summed E-state index contributed by atoms with van der Waals surface area (Å²) < 4.78 is 0. The smallest absolute Gasteiger partial charge is 0.426 e. The third-order valence-electron chi connectivity index (χ3n) is 4.05. The molecule has 0 aliphatic heterocycles. The molecule has 26 heavy (non-hydrogen) atoms. The minimum absolute atomic E-state index is 0.0765. The van der Waals surface area contributed by atoms with E-state index in [1.165, 1.54) is 4.90 Å². The van der Waals surface area contributed by atoms with Crippen molar-refractivity contribution in [2.75, 3.05) is 13.6 Å². The average molecular weight is 354 g/mol. The van der Waals surface area contributed by atoms with E-state index in [-0.39, 0.29) is 24.8 Å². The predicted octanol–water partition coefficient (Wildman–Crippen LogP) is 0.888. The van der Waals surface area contributed by atoms with Gasteiger partial charge in [-0.1, -0.05) is 48.5 Å². The number of hydrogen-bond donors (Lipinski definition) is 3. The highest BCUT2D eigenvalue weighted by Crippen LogP contribution is 2.06. The third kappa shape index (κ3) is 6.02. The van der Waals surface area contributed by atoms with Crippen molar-refractivity contribution in [2.45, 2.75) is 18.8 Å². The SMILES string of the molecule is CN(CCC(=O)N[C@@H](Cc1ccccc1)B(O)O)C(=O)c1ccccc1. The highest BCUT2D eigenvalue weighted by molar-refractivity contribution is 6.43. The zero-order valence-corrected chi connectivity index (χ0v) is 14.7. The summed E-state index contributed by atoms with van der Waals surface area (Å²) in [5, 5.41) is 21.6. The van der Waals surface area contributed by atoms with Crippen molar-refractivity contribution in [3.05, 3.63) is 71.8 Å². The number of benzene rings is 2. The van der Waals surface area contributed by atoms with Crippen LogP contribution in [0.5, 0.6) is 0 Å². The summed E-state index contributed by atoms with van der Waals surface area (Å²) >= 11 is 0. The standard InChI is InChI=1S/C19H23BN2O4/c1-22(19(24)16-10-6-3-7-11-16)13-12-18(23)21-17(20(25)26)14-15-8-4-2-5-9-15/h2-11,17,25-26H,12-14H2,1H3,(H,21,23)/t17-/m0/s1. The fourth-order valence-corrected chi connectivity index (χ4v) is 2.55. The van der Waals surface area contributed by atoms with Gasteiger partial charge in [-0.2, -0.15) is 0 Å². The Kier molecular flexibility index (Phi) is 7.38. The van der Waals surface area contributed by atoms with Gasteiger partial charge in [0.25, 0.3) is 5.91 Å². The lowest BCUT2D eigenvalue weighted by molar-refractivity contribution is -0.121. The average Bonchev–Trinajstić information content (AvgIpc) is 2.66. The first-order chi connectivity index (χ1) is 12.5. The summed E-state index contributed by atoms with van der Waals surface area (Å²) in [6.45, 7) is 0.235. The molecule has 1 atom stereocenters. The maximum absolute atomic E-state index is 12.2. The van der Waals surface area contributed by atoms with Crippen LogP contribution in [0.1, 0.15) is 22.3 Å². The monoisotopic (exact) mass is 354 g/mol. The van der Waals surface area contributed by atoms with Gasteiger partial charge < -0.3 is 20.3 Å². The summed E-state index contributed by atoms with van der Waals surface area (Å²) in [7, 11) is -0.0341. The molecule has 0 saturated carbocycles. The number of nitrogens with one attached hydrogen (secondary N) is 1. The molecule has 0 unspecified atom stereocenters. The minimum Gasteiger partial charge on any atom is -0.426 e. The Morgan fingerprint density at radius 2 is 1.62 bits per heavy atom. The summed E-state index contributed by atoms with van der Waals surface area (Å²) in [6, 6.07) is 18.1. The molecular weight excluding hydrogens is 331 g/mol. The Hall–Kier alpha value is -2.64. The molecular formula is C19H23BN2O4. The maximum Gasteiger partial charge on any atom is 0.475 e. The van der Waals surface area contributed by atoms with Crippen LogP contribution in [0.3, 0.4) is 0 Å². The highest BCUT2D eigenvalue weighted by atomic mass is 16.4. The first kappa shape index (κ1) is 19.7.